The van der Waals surface area contributed by atoms with Crippen LogP contribution in [0, 0.1) is 19.8 Å². The standard InChI is InChI=1S/C30H36N2O.ClH/c1-22-17-28-13-16-32(30(33)29(28)18-23(22)2)21-25-8-6-15-31(20-25)14-5-7-24-11-12-26-9-3-4-10-27(26)19-24;/h3-4,9-12,17-19,25H,5-8,13-16,20-21H2,1-2H3;1H. The Bertz CT molecular complexity index is 1160. The van der Waals surface area contributed by atoms with Crippen LogP contribution < -0.4 is 0 Å². The van der Waals surface area contributed by atoms with E-state index in [1.807, 2.05) is 0 Å². The van der Waals surface area contributed by atoms with Crippen molar-refractivity contribution in [2.45, 2.75) is 46.0 Å². The van der Waals surface area contributed by atoms with Gasteiger partial charge in [-0.25, -0.2) is 0 Å². The van der Waals surface area contributed by atoms with E-state index in [9.17, 15) is 4.79 Å². The van der Waals surface area contributed by atoms with Crippen molar-refractivity contribution in [2.75, 3.05) is 32.7 Å². The number of hydrogen-bond acceptors (Lipinski definition) is 2. The van der Waals surface area contributed by atoms with Gasteiger partial charge < -0.3 is 9.80 Å². The van der Waals surface area contributed by atoms with Crippen LogP contribution in [0.5, 0.6) is 0 Å². The number of carbonyl (C=O) groups excluding carboxylic acids is 1. The molecule has 180 valence electrons. The molecule has 3 nitrogen and oxygen atoms in total. The first-order valence-electron chi connectivity index (χ1n) is 12.7. The average Bonchev–Trinajstić information content (AvgIpc) is 2.82. The molecule has 1 amide bonds. The normalized spacial score (nSPS) is 18.6. The predicted octanol–water partition coefficient (Wildman–Crippen LogP) is 6.22. The number of aryl methyl sites for hydroxylation is 3. The number of halogens is 1. The second-order valence-corrected chi connectivity index (χ2v) is 10.2. The van der Waals surface area contributed by atoms with Crippen LogP contribution in [0.4, 0.5) is 0 Å². The number of piperidine rings is 1. The Kier molecular flexibility index (Phi) is 7.95. The summed E-state index contributed by atoms with van der Waals surface area (Å²) in [5, 5.41) is 2.66. The summed E-state index contributed by atoms with van der Waals surface area (Å²) >= 11 is 0. The summed E-state index contributed by atoms with van der Waals surface area (Å²) < 4.78 is 0. The van der Waals surface area contributed by atoms with E-state index < -0.39 is 0 Å². The Balaban J connectivity index is 0.00000274. The van der Waals surface area contributed by atoms with Crippen molar-refractivity contribution in [1.29, 1.82) is 0 Å². The predicted molar refractivity (Wildman–Crippen MR) is 144 cm³/mol. The van der Waals surface area contributed by atoms with Crippen LogP contribution in [0.25, 0.3) is 10.8 Å². The molecular formula is C30H37ClN2O. The van der Waals surface area contributed by atoms with E-state index in [4.69, 9.17) is 0 Å². The van der Waals surface area contributed by atoms with Gasteiger partial charge in [0.2, 0.25) is 0 Å². The van der Waals surface area contributed by atoms with Gasteiger partial charge in [-0.15, -0.1) is 12.4 Å². The zero-order valence-corrected chi connectivity index (χ0v) is 21.4. The van der Waals surface area contributed by atoms with E-state index in [1.165, 1.54) is 58.8 Å². The lowest BCUT2D eigenvalue weighted by molar-refractivity contribution is 0.0661. The number of amides is 1. The third kappa shape index (κ3) is 5.47. The van der Waals surface area contributed by atoms with E-state index in [2.05, 4.69) is 78.2 Å². The summed E-state index contributed by atoms with van der Waals surface area (Å²) in [5.41, 5.74) is 6.12. The van der Waals surface area contributed by atoms with E-state index in [0.717, 1.165) is 44.6 Å². The van der Waals surface area contributed by atoms with Crippen LogP contribution in [0.15, 0.2) is 54.6 Å². The highest BCUT2D eigenvalue weighted by molar-refractivity contribution is 5.97. The number of likely N-dealkylation sites (tertiary alicyclic amines) is 1. The molecule has 3 aromatic carbocycles. The minimum absolute atomic E-state index is 0. The van der Waals surface area contributed by atoms with Crippen LogP contribution >= 0.6 is 12.4 Å². The molecule has 4 heteroatoms. The molecule has 2 heterocycles. The van der Waals surface area contributed by atoms with Crippen molar-refractivity contribution in [1.82, 2.24) is 9.80 Å². The number of nitrogens with zero attached hydrogens (tertiary/aromatic N) is 2. The van der Waals surface area contributed by atoms with E-state index in [-0.39, 0.29) is 18.3 Å². The lowest BCUT2D eigenvalue weighted by Crippen LogP contribution is -2.45. The van der Waals surface area contributed by atoms with Gasteiger partial charge in [0.1, 0.15) is 0 Å². The van der Waals surface area contributed by atoms with Crippen molar-refractivity contribution in [3.63, 3.8) is 0 Å². The molecule has 1 unspecified atom stereocenters. The second-order valence-electron chi connectivity index (χ2n) is 10.2. The number of fused-ring (bicyclic) bond motifs is 2. The molecule has 0 N–H and O–H groups in total. The number of hydrogen-bond donors (Lipinski definition) is 0. The van der Waals surface area contributed by atoms with Crippen LogP contribution in [0.3, 0.4) is 0 Å². The van der Waals surface area contributed by atoms with Crippen molar-refractivity contribution in [3.05, 3.63) is 82.4 Å². The zero-order chi connectivity index (χ0) is 22.8. The Morgan fingerprint density at radius 2 is 1.74 bits per heavy atom. The summed E-state index contributed by atoms with van der Waals surface area (Å²) in [7, 11) is 0. The molecule has 0 spiro atoms. The zero-order valence-electron chi connectivity index (χ0n) is 20.6. The number of rotatable bonds is 6. The van der Waals surface area contributed by atoms with Crippen LogP contribution in [-0.4, -0.2) is 48.4 Å². The Morgan fingerprint density at radius 3 is 2.59 bits per heavy atom. The van der Waals surface area contributed by atoms with Crippen LogP contribution in [0.1, 0.15) is 51.9 Å². The van der Waals surface area contributed by atoms with Gasteiger partial charge >= 0.3 is 0 Å². The summed E-state index contributed by atoms with van der Waals surface area (Å²) in [5.74, 6) is 0.837. The molecule has 3 aromatic rings. The Morgan fingerprint density at radius 1 is 0.941 bits per heavy atom. The largest absolute Gasteiger partial charge is 0.338 e. The highest BCUT2D eigenvalue weighted by atomic mass is 35.5. The Labute approximate surface area is 210 Å². The van der Waals surface area contributed by atoms with E-state index in [1.54, 1.807) is 0 Å². The van der Waals surface area contributed by atoms with E-state index >= 15 is 0 Å². The molecule has 0 aromatic heterocycles. The fraction of sp³-hybridized carbons (Fsp3) is 0.433. The fourth-order valence-electron chi connectivity index (χ4n) is 5.70. The van der Waals surface area contributed by atoms with Gasteiger partial charge in [-0.2, -0.15) is 0 Å². The first kappa shape index (κ1) is 24.8. The molecule has 2 aliphatic rings. The molecule has 0 radical (unpaired) electrons. The maximum Gasteiger partial charge on any atom is 0.254 e. The van der Waals surface area contributed by atoms with Crippen LogP contribution in [-0.2, 0) is 12.8 Å². The molecule has 2 aliphatic heterocycles. The highest BCUT2D eigenvalue weighted by Crippen LogP contribution is 2.26. The molecule has 1 saturated heterocycles. The number of benzene rings is 3. The monoisotopic (exact) mass is 476 g/mol. The molecule has 5 rings (SSSR count). The molecule has 1 atom stereocenters. The summed E-state index contributed by atoms with van der Waals surface area (Å²) in [4.78, 5) is 17.9. The third-order valence-electron chi connectivity index (χ3n) is 7.72. The third-order valence-corrected chi connectivity index (χ3v) is 7.72. The van der Waals surface area contributed by atoms with Gasteiger partial charge in [0.25, 0.3) is 5.91 Å². The average molecular weight is 477 g/mol. The van der Waals surface area contributed by atoms with E-state index in [0.29, 0.717) is 5.92 Å². The summed E-state index contributed by atoms with van der Waals surface area (Å²) in [6, 6.07) is 19.8. The summed E-state index contributed by atoms with van der Waals surface area (Å²) in [6.45, 7) is 9.50. The molecule has 0 saturated carbocycles. The first-order valence-corrected chi connectivity index (χ1v) is 12.7. The number of carbonyl (C=O) groups is 1. The highest BCUT2D eigenvalue weighted by Gasteiger charge is 2.28. The smallest absolute Gasteiger partial charge is 0.254 e. The maximum absolute atomic E-state index is 13.2. The minimum Gasteiger partial charge on any atom is -0.338 e. The van der Waals surface area contributed by atoms with Crippen molar-refractivity contribution in [2.24, 2.45) is 5.92 Å². The van der Waals surface area contributed by atoms with Gasteiger partial charge in [0, 0.05) is 25.2 Å². The minimum atomic E-state index is 0. The molecule has 34 heavy (non-hydrogen) atoms. The van der Waals surface area contributed by atoms with Crippen molar-refractivity contribution in [3.8, 4) is 0 Å². The topological polar surface area (TPSA) is 23.6 Å². The molecular weight excluding hydrogens is 440 g/mol. The quantitative estimate of drug-likeness (QED) is 0.421. The molecule has 1 fully saturated rings. The maximum atomic E-state index is 13.2. The van der Waals surface area contributed by atoms with Gasteiger partial charge in [-0.05, 0) is 104 Å². The van der Waals surface area contributed by atoms with Crippen molar-refractivity contribution < 1.29 is 4.79 Å². The van der Waals surface area contributed by atoms with Gasteiger partial charge in [0.05, 0.1) is 0 Å². The first-order chi connectivity index (χ1) is 16.1. The lowest BCUT2D eigenvalue weighted by Gasteiger charge is -2.37. The van der Waals surface area contributed by atoms with Gasteiger partial charge in [0.15, 0.2) is 0 Å². The van der Waals surface area contributed by atoms with Crippen LogP contribution in [0.2, 0.25) is 0 Å². The lowest BCUT2D eigenvalue weighted by atomic mass is 9.92. The molecule has 0 bridgehead atoms. The second kappa shape index (κ2) is 10.9. The van der Waals surface area contributed by atoms with Gasteiger partial charge in [-0.1, -0.05) is 48.5 Å². The Hall–Kier alpha value is -2.36. The summed E-state index contributed by atoms with van der Waals surface area (Å²) in [6.07, 6.45) is 5.80. The van der Waals surface area contributed by atoms with Crippen molar-refractivity contribution >= 4 is 29.1 Å². The SMILES string of the molecule is Cc1cc2c(cc1C)C(=O)N(CC1CCCN(CCCc3ccc4ccccc4c3)C1)CC2.Cl. The van der Waals surface area contributed by atoms with Gasteiger partial charge in [-0.3, -0.25) is 4.79 Å². The molecule has 0 aliphatic carbocycles. The fourth-order valence-corrected chi connectivity index (χ4v) is 5.70.